The van der Waals surface area contributed by atoms with E-state index in [1.807, 2.05) is 25.2 Å². The zero-order valence-corrected chi connectivity index (χ0v) is 10.2. The number of hydrogen-bond acceptors (Lipinski definition) is 4. The number of nitrogens with zero attached hydrogens (tertiary/aromatic N) is 1. The van der Waals surface area contributed by atoms with Crippen LogP contribution < -0.4 is 10.5 Å². The minimum atomic E-state index is -0.456. The van der Waals surface area contributed by atoms with Crippen LogP contribution in [0.1, 0.15) is 12.8 Å². The highest BCUT2D eigenvalue weighted by Gasteiger charge is 2.27. The third-order valence-corrected chi connectivity index (χ3v) is 2.97. The van der Waals surface area contributed by atoms with Crippen LogP contribution in [0.15, 0.2) is 24.3 Å². The zero-order valence-electron chi connectivity index (χ0n) is 10.2. The van der Waals surface area contributed by atoms with Crippen molar-refractivity contribution in [3.8, 4) is 5.75 Å². The first kappa shape index (κ1) is 12.2. The molecule has 0 aliphatic heterocycles. The molecule has 94 valence electrons. The van der Waals surface area contributed by atoms with Crippen LogP contribution in [0.4, 0.5) is 5.69 Å². The molecule has 0 amide bonds. The van der Waals surface area contributed by atoms with E-state index >= 15 is 0 Å². The monoisotopic (exact) mass is 236 g/mol. The van der Waals surface area contributed by atoms with Crippen LogP contribution in [0.25, 0.3) is 0 Å². The first-order valence-corrected chi connectivity index (χ1v) is 6.02. The summed E-state index contributed by atoms with van der Waals surface area (Å²) in [5.74, 6) is 0.707. The van der Waals surface area contributed by atoms with E-state index < -0.39 is 6.10 Å². The Morgan fingerprint density at radius 1 is 1.53 bits per heavy atom. The van der Waals surface area contributed by atoms with E-state index in [0.29, 0.717) is 30.6 Å². The maximum atomic E-state index is 9.83. The van der Waals surface area contributed by atoms with E-state index in [1.54, 1.807) is 6.07 Å². The summed E-state index contributed by atoms with van der Waals surface area (Å²) in [6, 6.07) is 7.92. The number of aliphatic hydroxyl groups excluding tert-OH is 1. The van der Waals surface area contributed by atoms with Crippen molar-refractivity contribution in [3.63, 3.8) is 0 Å². The molecular formula is C13H20N2O2. The second kappa shape index (κ2) is 5.38. The Labute approximate surface area is 102 Å². The van der Waals surface area contributed by atoms with Gasteiger partial charge in [0.05, 0.1) is 0 Å². The molecule has 0 spiro atoms. The summed E-state index contributed by atoms with van der Waals surface area (Å²) in [6.07, 6.45) is 2.04. The lowest BCUT2D eigenvalue weighted by atomic mass is 10.3. The maximum absolute atomic E-state index is 9.83. The average Bonchev–Trinajstić information content (AvgIpc) is 3.10. The number of benzene rings is 1. The first-order valence-electron chi connectivity index (χ1n) is 6.02. The second-order valence-corrected chi connectivity index (χ2v) is 4.71. The molecule has 1 aliphatic rings. The molecule has 0 aromatic heterocycles. The van der Waals surface area contributed by atoms with Gasteiger partial charge in [0.25, 0.3) is 0 Å². The number of hydrogen-bond donors (Lipinski definition) is 2. The number of aliphatic hydroxyl groups is 1. The van der Waals surface area contributed by atoms with E-state index in [4.69, 9.17) is 10.5 Å². The van der Waals surface area contributed by atoms with Gasteiger partial charge < -0.3 is 20.5 Å². The third kappa shape index (κ3) is 3.91. The van der Waals surface area contributed by atoms with Gasteiger partial charge in [-0.25, -0.2) is 0 Å². The summed E-state index contributed by atoms with van der Waals surface area (Å²) in [6.45, 7) is 0.966. The van der Waals surface area contributed by atoms with Gasteiger partial charge in [0.15, 0.2) is 0 Å². The molecule has 0 saturated heterocycles. The van der Waals surface area contributed by atoms with Crippen LogP contribution in [-0.2, 0) is 0 Å². The Hall–Kier alpha value is -1.26. The van der Waals surface area contributed by atoms with Crippen LogP contribution in [-0.4, -0.2) is 42.4 Å². The number of ether oxygens (including phenoxy) is 1. The lowest BCUT2D eigenvalue weighted by Gasteiger charge is -2.20. The van der Waals surface area contributed by atoms with Gasteiger partial charge in [-0.05, 0) is 32.0 Å². The molecule has 0 radical (unpaired) electrons. The number of anilines is 1. The molecule has 17 heavy (non-hydrogen) atoms. The van der Waals surface area contributed by atoms with Crippen LogP contribution in [0, 0.1) is 0 Å². The number of rotatable bonds is 6. The second-order valence-electron chi connectivity index (χ2n) is 4.71. The summed E-state index contributed by atoms with van der Waals surface area (Å²) in [4.78, 5) is 2.19. The SMILES string of the molecule is CN(CC(O)COc1cccc(N)c1)C1CC1. The standard InChI is InChI=1S/C13H20N2O2/c1-15(11-5-6-11)8-12(16)9-17-13-4-2-3-10(14)7-13/h2-4,7,11-12,16H,5-6,8-9,14H2,1H3. The molecule has 1 aromatic carbocycles. The fourth-order valence-electron chi connectivity index (χ4n) is 1.85. The fourth-order valence-corrected chi connectivity index (χ4v) is 1.85. The zero-order chi connectivity index (χ0) is 12.3. The van der Waals surface area contributed by atoms with Crippen molar-refractivity contribution in [1.82, 2.24) is 4.90 Å². The van der Waals surface area contributed by atoms with Crippen molar-refractivity contribution < 1.29 is 9.84 Å². The van der Waals surface area contributed by atoms with Gasteiger partial charge in [0.2, 0.25) is 0 Å². The van der Waals surface area contributed by atoms with Crippen molar-refractivity contribution in [1.29, 1.82) is 0 Å². The summed E-state index contributed by atoms with van der Waals surface area (Å²) in [5.41, 5.74) is 6.32. The topological polar surface area (TPSA) is 58.7 Å². The van der Waals surface area contributed by atoms with Gasteiger partial charge in [-0.3, -0.25) is 0 Å². The van der Waals surface area contributed by atoms with E-state index in [9.17, 15) is 5.11 Å². The predicted octanol–water partition coefficient (Wildman–Crippen LogP) is 1.10. The Morgan fingerprint density at radius 3 is 2.94 bits per heavy atom. The maximum Gasteiger partial charge on any atom is 0.121 e. The van der Waals surface area contributed by atoms with Gasteiger partial charge in [-0.2, -0.15) is 0 Å². The summed E-state index contributed by atoms with van der Waals surface area (Å²) in [7, 11) is 2.04. The highest BCUT2D eigenvalue weighted by Crippen LogP contribution is 2.25. The highest BCUT2D eigenvalue weighted by atomic mass is 16.5. The predicted molar refractivity (Wildman–Crippen MR) is 68.0 cm³/mol. The summed E-state index contributed by atoms with van der Waals surface area (Å²) >= 11 is 0. The van der Waals surface area contributed by atoms with Crippen molar-refractivity contribution >= 4 is 5.69 Å². The van der Waals surface area contributed by atoms with Crippen molar-refractivity contribution in [3.05, 3.63) is 24.3 Å². The number of nitrogen functional groups attached to an aromatic ring is 1. The molecule has 1 atom stereocenters. The minimum absolute atomic E-state index is 0.306. The normalized spacial score (nSPS) is 17.1. The molecule has 4 heteroatoms. The largest absolute Gasteiger partial charge is 0.491 e. The molecule has 1 unspecified atom stereocenters. The van der Waals surface area contributed by atoms with Crippen LogP contribution in [0.5, 0.6) is 5.75 Å². The van der Waals surface area contributed by atoms with Crippen LogP contribution >= 0.6 is 0 Å². The molecule has 1 aromatic rings. The van der Waals surface area contributed by atoms with E-state index in [2.05, 4.69) is 4.90 Å². The van der Waals surface area contributed by atoms with Gasteiger partial charge in [-0.1, -0.05) is 6.07 Å². The Bertz CT molecular complexity index is 366. The molecule has 2 rings (SSSR count). The quantitative estimate of drug-likeness (QED) is 0.726. The van der Waals surface area contributed by atoms with Crippen molar-refractivity contribution in [2.75, 3.05) is 25.9 Å². The lowest BCUT2D eigenvalue weighted by molar-refractivity contribution is 0.0742. The van der Waals surface area contributed by atoms with Crippen molar-refractivity contribution in [2.24, 2.45) is 0 Å². The molecule has 1 fully saturated rings. The molecule has 0 bridgehead atoms. The van der Waals surface area contributed by atoms with E-state index in [0.717, 1.165) is 0 Å². The third-order valence-electron chi connectivity index (χ3n) is 2.97. The highest BCUT2D eigenvalue weighted by molar-refractivity contribution is 5.43. The van der Waals surface area contributed by atoms with Gasteiger partial charge >= 0.3 is 0 Å². The molecule has 3 N–H and O–H groups in total. The first-order chi connectivity index (χ1) is 8.15. The molecular weight excluding hydrogens is 216 g/mol. The molecule has 0 heterocycles. The molecule has 1 aliphatic carbocycles. The lowest BCUT2D eigenvalue weighted by Crippen LogP contribution is -2.34. The smallest absolute Gasteiger partial charge is 0.121 e. The minimum Gasteiger partial charge on any atom is -0.491 e. The van der Waals surface area contributed by atoms with Gasteiger partial charge in [-0.15, -0.1) is 0 Å². The summed E-state index contributed by atoms with van der Waals surface area (Å²) in [5, 5.41) is 9.83. The fraction of sp³-hybridized carbons (Fsp3) is 0.538. The van der Waals surface area contributed by atoms with Gasteiger partial charge in [0.1, 0.15) is 18.5 Å². The Kier molecular flexibility index (Phi) is 3.86. The van der Waals surface area contributed by atoms with Crippen LogP contribution in [0.2, 0.25) is 0 Å². The van der Waals surface area contributed by atoms with Crippen molar-refractivity contribution in [2.45, 2.75) is 25.0 Å². The molecule has 1 saturated carbocycles. The van der Waals surface area contributed by atoms with Crippen LogP contribution in [0.3, 0.4) is 0 Å². The number of likely N-dealkylation sites (N-methyl/N-ethyl adjacent to an activating group) is 1. The van der Waals surface area contributed by atoms with Gasteiger partial charge in [0, 0.05) is 24.3 Å². The average molecular weight is 236 g/mol. The van der Waals surface area contributed by atoms with E-state index in [-0.39, 0.29) is 0 Å². The Balaban J connectivity index is 1.73. The van der Waals surface area contributed by atoms with E-state index in [1.165, 1.54) is 12.8 Å². The molecule has 4 nitrogen and oxygen atoms in total. The number of nitrogens with two attached hydrogens (primary N) is 1. The Morgan fingerprint density at radius 2 is 2.29 bits per heavy atom. The summed E-state index contributed by atoms with van der Waals surface area (Å²) < 4.78 is 5.49.